The molecule has 0 spiro atoms. The minimum absolute atomic E-state index is 0. The number of benzene rings is 1. The van der Waals surface area contributed by atoms with Crippen LogP contribution in [0.4, 0.5) is 13.2 Å². The zero-order valence-electron chi connectivity index (χ0n) is 16.5. The van der Waals surface area contributed by atoms with E-state index < -0.39 is 11.7 Å². The number of rotatable bonds is 6. The monoisotopic (exact) mass is 529 g/mol. The molecule has 6 nitrogen and oxygen atoms in total. The minimum atomic E-state index is -4.46. The average Bonchev–Trinajstić information content (AvgIpc) is 2.68. The van der Waals surface area contributed by atoms with E-state index in [1.165, 1.54) is 18.2 Å². The highest BCUT2D eigenvalue weighted by molar-refractivity contribution is 14.0. The zero-order valence-corrected chi connectivity index (χ0v) is 18.8. The summed E-state index contributed by atoms with van der Waals surface area (Å²) in [4.78, 5) is 18.0. The van der Waals surface area contributed by atoms with Crippen molar-refractivity contribution in [2.45, 2.75) is 25.9 Å². The number of carbonyl (C=O) groups is 1. The van der Waals surface area contributed by atoms with Gasteiger partial charge in [-0.3, -0.25) is 9.79 Å². The third kappa shape index (κ3) is 7.56. The molecule has 1 aromatic rings. The second-order valence-electron chi connectivity index (χ2n) is 6.33. The number of likely N-dealkylation sites (tertiary alicyclic amines) is 1. The molecule has 0 unspecified atom stereocenters. The molecule has 0 bridgehead atoms. The van der Waals surface area contributed by atoms with Gasteiger partial charge in [0.25, 0.3) is 0 Å². The van der Waals surface area contributed by atoms with Gasteiger partial charge in [0.05, 0.1) is 24.6 Å². The molecule has 1 aromatic carbocycles. The van der Waals surface area contributed by atoms with E-state index >= 15 is 0 Å². The summed E-state index contributed by atoms with van der Waals surface area (Å²) in [7, 11) is 1.64. The summed E-state index contributed by atoms with van der Waals surface area (Å²) in [5.41, 5.74) is -0.791. The lowest BCUT2D eigenvalue weighted by Gasteiger charge is -2.33. The fraction of sp³-hybridized carbons (Fsp3) is 0.579. The number of hydrogen-bond acceptors (Lipinski definition) is 4. The summed E-state index contributed by atoms with van der Waals surface area (Å²) in [6.45, 7) is 3.83. The van der Waals surface area contributed by atoms with Crippen molar-refractivity contribution in [3.05, 3.63) is 29.8 Å². The average molecular weight is 529 g/mol. The molecule has 0 radical (unpaired) electrons. The third-order valence-corrected chi connectivity index (χ3v) is 4.46. The van der Waals surface area contributed by atoms with E-state index in [4.69, 9.17) is 9.47 Å². The molecule has 0 saturated carbocycles. The van der Waals surface area contributed by atoms with Gasteiger partial charge in [0.1, 0.15) is 12.4 Å². The number of carbonyl (C=O) groups excluding carboxylic acids is 1. The molecular weight excluding hydrogens is 502 g/mol. The molecule has 0 aliphatic carbocycles. The highest BCUT2D eigenvalue weighted by atomic mass is 127. The molecule has 2 rings (SSSR count). The lowest BCUT2D eigenvalue weighted by Crippen LogP contribution is -2.47. The van der Waals surface area contributed by atoms with Crippen molar-refractivity contribution >= 4 is 35.9 Å². The van der Waals surface area contributed by atoms with Crippen LogP contribution in [0.1, 0.15) is 25.3 Å². The molecule has 1 aliphatic rings. The van der Waals surface area contributed by atoms with Gasteiger partial charge >= 0.3 is 12.1 Å². The second-order valence-corrected chi connectivity index (χ2v) is 6.33. The first-order valence-corrected chi connectivity index (χ1v) is 9.28. The Balaban J connectivity index is 0.00000420. The smallest absolute Gasteiger partial charge is 0.419 e. The van der Waals surface area contributed by atoms with Gasteiger partial charge in [-0.2, -0.15) is 13.2 Å². The van der Waals surface area contributed by atoms with Crippen LogP contribution in [0.5, 0.6) is 5.75 Å². The van der Waals surface area contributed by atoms with E-state index in [0.29, 0.717) is 45.0 Å². The molecule has 1 N–H and O–H groups in total. The Morgan fingerprint density at radius 1 is 1.28 bits per heavy atom. The number of nitrogens with zero attached hydrogens (tertiary/aromatic N) is 2. The Kier molecular flexibility index (Phi) is 10.5. The maximum Gasteiger partial charge on any atom is 0.419 e. The summed E-state index contributed by atoms with van der Waals surface area (Å²) in [6.07, 6.45) is -3.10. The van der Waals surface area contributed by atoms with Crippen molar-refractivity contribution in [1.29, 1.82) is 0 Å². The van der Waals surface area contributed by atoms with Crippen molar-refractivity contribution in [3.63, 3.8) is 0 Å². The molecule has 1 fully saturated rings. The zero-order chi connectivity index (χ0) is 20.6. The SMILES string of the molecule is CCOC(=O)C1CCN(C(=NC)NCCOc2ccccc2C(F)(F)F)CC1.I. The number of esters is 1. The van der Waals surface area contributed by atoms with Crippen LogP contribution in [0, 0.1) is 5.92 Å². The number of guanidine groups is 1. The number of para-hydroxylation sites is 1. The number of aliphatic imine (C=N–C) groups is 1. The minimum Gasteiger partial charge on any atom is -0.491 e. The molecule has 1 aliphatic heterocycles. The van der Waals surface area contributed by atoms with Gasteiger partial charge in [-0.1, -0.05) is 12.1 Å². The van der Waals surface area contributed by atoms with Crippen LogP contribution < -0.4 is 10.1 Å². The summed E-state index contributed by atoms with van der Waals surface area (Å²) in [6, 6.07) is 5.13. The molecule has 10 heteroatoms. The first-order chi connectivity index (χ1) is 13.4. The van der Waals surface area contributed by atoms with Crippen molar-refractivity contribution in [2.75, 3.05) is 39.9 Å². The Morgan fingerprint density at radius 3 is 2.52 bits per heavy atom. The summed E-state index contributed by atoms with van der Waals surface area (Å²) in [5, 5.41) is 3.09. The molecular formula is C19H27F3IN3O3. The number of ether oxygens (including phenoxy) is 2. The maximum atomic E-state index is 13.0. The maximum absolute atomic E-state index is 13.0. The molecule has 0 amide bonds. The first-order valence-electron chi connectivity index (χ1n) is 9.28. The van der Waals surface area contributed by atoms with Crippen LogP contribution >= 0.6 is 24.0 Å². The topological polar surface area (TPSA) is 63.2 Å². The van der Waals surface area contributed by atoms with E-state index in [9.17, 15) is 18.0 Å². The van der Waals surface area contributed by atoms with E-state index in [1.54, 1.807) is 14.0 Å². The number of hydrogen-bond donors (Lipinski definition) is 1. The predicted octanol–water partition coefficient (Wildman–Crippen LogP) is 3.55. The van der Waals surface area contributed by atoms with Gasteiger partial charge in [-0.15, -0.1) is 24.0 Å². The number of alkyl halides is 3. The molecule has 164 valence electrons. The summed E-state index contributed by atoms with van der Waals surface area (Å²) >= 11 is 0. The van der Waals surface area contributed by atoms with Crippen molar-refractivity contribution in [3.8, 4) is 5.75 Å². The van der Waals surface area contributed by atoms with E-state index in [0.717, 1.165) is 6.07 Å². The van der Waals surface area contributed by atoms with Crippen LogP contribution in [0.2, 0.25) is 0 Å². The third-order valence-electron chi connectivity index (χ3n) is 4.46. The fourth-order valence-electron chi connectivity index (χ4n) is 3.07. The largest absolute Gasteiger partial charge is 0.491 e. The van der Waals surface area contributed by atoms with Gasteiger partial charge in [-0.25, -0.2) is 0 Å². The lowest BCUT2D eigenvalue weighted by atomic mass is 9.97. The fourth-order valence-corrected chi connectivity index (χ4v) is 3.07. The normalized spacial score (nSPS) is 15.5. The molecule has 0 aromatic heterocycles. The second kappa shape index (κ2) is 12.1. The van der Waals surface area contributed by atoms with Gasteiger partial charge < -0.3 is 19.7 Å². The first kappa shape index (κ1) is 25.3. The van der Waals surface area contributed by atoms with Crippen LogP contribution in [0.3, 0.4) is 0 Å². The van der Waals surface area contributed by atoms with Crippen molar-refractivity contribution < 1.29 is 27.4 Å². The summed E-state index contributed by atoms with van der Waals surface area (Å²) in [5.74, 6) is 0.176. The Morgan fingerprint density at radius 2 is 1.93 bits per heavy atom. The molecule has 1 heterocycles. The van der Waals surface area contributed by atoms with Gasteiger partial charge in [0.2, 0.25) is 0 Å². The highest BCUT2D eigenvalue weighted by Gasteiger charge is 2.34. The summed E-state index contributed by atoms with van der Waals surface area (Å²) < 4.78 is 49.3. The predicted molar refractivity (Wildman–Crippen MR) is 115 cm³/mol. The van der Waals surface area contributed by atoms with Crippen LogP contribution in [0.25, 0.3) is 0 Å². The number of halogens is 4. The van der Waals surface area contributed by atoms with Crippen LogP contribution in [-0.4, -0.2) is 56.7 Å². The van der Waals surface area contributed by atoms with Crippen molar-refractivity contribution in [2.24, 2.45) is 10.9 Å². The van der Waals surface area contributed by atoms with Crippen LogP contribution in [-0.2, 0) is 15.7 Å². The molecule has 1 saturated heterocycles. The Labute approximate surface area is 185 Å². The van der Waals surface area contributed by atoms with E-state index in [-0.39, 0.29) is 48.2 Å². The molecule has 0 atom stereocenters. The van der Waals surface area contributed by atoms with E-state index in [2.05, 4.69) is 10.3 Å². The van der Waals surface area contributed by atoms with Crippen molar-refractivity contribution in [1.82, 2.24) is 10.2 Å². The van der Waals surface area contributed by atoms with Gasteiger partial charge in [0, 0.05) is 20.1 Å². The quantitative estimate of drug-likeness (QED) is 0.201. The Hall–Kier alpha value is -1.72. The van der Waals surface area contributed by atoms with Gasteiger partial charge in [0.15, 0.2) is 5.96 Å². The number of nitrogens with one attached hydrogen (secondary N) is 1. The molecule has 29 heavy (non-hydrogen) atoms. The highest BCUT2D eigenvalue weighted by Crippen LogP contribution is 2.35. The number of piperidine rings is 1. The van der Waals surface area contributed by atoms with E-state index in [1.807, 2.05) is 4.90 Å². The van der Waals surface area contributed by atoms with Crippen LogP contribution in [0.15, 0.2) is 29.3 Å². The lowest BCUT2D eigenvalue weighted by molar-refractivity contribution is -0.149. The Bertz CT molecular complexity index is 678. The standard InChI is InChI=1S/C19H26F3N3O3.HI/c1-3-27-17(26)14-8-11-25(12-9-14)18(23-2)24-10-13-28-16-7-5-4-6-15(16)19(20,21)22;/h4-7,14H,3,8-13H2,1-2H3,(H,23,24);1H. The van der Waals surface area contributed by atoms with Gasteiger partial charge in [-0.05, 0) is 31.9 Å².